The predicted molar refractivity (Wildman–Crippen MR) is 95.7 cm³/mol. The number of ether oxygens (including phenoxy) is 1. The van der Waals surface area contributed by atoms with Crippen molar-refractivity contribution < 1.29 is 13.9 Å². The summed E-state index contributed by atoms with van der Waals surface area (Å²) in [6.07, 6.45) is 4.27. The lowest BCUT2D eigenvalue weighted by Gasteiger charge is -2.23. The molecule has 0 spiro atoms. The molecule has 5 nitrogen and oxygen atoms in total. The second-order valence-corrected chi connectivity index (χ2v) is 6.60. The van der Waals surface area contributed by atoms with Gasteiger partial charge in [0.1, 0.15) is 17.3 Å². The normalized spacial score (nSPS) is 17.4. The highest BCUT2D eigenvalue weighted by molar-refractivity contribution is 5.90. The monoisotopic (exact) mass is 338 g/mol. The molecule has 1 atom stereocenters. The Balaban J connectivity index is 1.57. The predicted octanol–water partition coefficient (Wildman–Crippen LogP) is 3.98. The van der Waals surface area contributed by atoms with E-state index in [1.165, 1.54) is 0 Å². The largest absolute Gasteiger partial charge is 0.497 e. The third kappa shape index (κ3) is 2.90. The Morgan fingerprint density at radius 1 is 1.36 bits per heavy atom. The first-order valence-electron chi connectivity index (χ1n) is 8.65. The van der Waals surface area contributed by atoms with Crippen molar-refractivity contribution in [2.75, 3.05) is 13.7 Å². The molecular formula is C20H22N2O3. The Morgan fingerprint density at radius 2 is 2.24 bits per heavy atom. The lowest BCUT2D eigenvalue weighted by Crippen LogP contribution is -2.31. The minimum atomic E-state index is 0.0564. The zero-order valence-corrected chi connectivity index (χ0v) is 14.5. The van der Waals surface area contributed by atoms with Crippen molar-refractivity contribution in [3.63, 3.8) is 0 Å². The van der Waals surface area contributed by atoms with Crippen molar-refractivity contribution >= 4 is 16.8 Å². The summed E-state index contributed by atoms with van der Waals surface area (Å²) in [6, 6.07) is 9.88. The number of fused-ring (bicyclic) bond motifs is 1. The lowest BCUT2D eigenvalue weighted by atomic mass is 10.1. The van der Waals surface area contributed by atoms with Gasteiger partial charge in [-0.3, -0.25) is 4.79 Å². The maximum Gasteiger partial charge on any atom is 0.227 e. The van der Waals surface area contributed by atoms with Gasteiger partial charge < -0.3 is 19.0 Å². The van der Waals surface area contributed by atoms with E-state index in [0.717, 1.165) is 53.1 Å². The first-order valence-corrected chi connectivity index (χ1v) is 8.65. The van der Waals surface area contributed by atoms with Gasteiger partial charge in [-0.05, 0) is 55.7 Å². The first-order chi connectivity index (χ1) is 12.2. The second-order valence-electron chi connectivity index (χ2n) is 6.60. The van der Waals surface area contributed by atoms with Crippen LogP contribution < -0.4 is 4.74 Å². The van der Waals surface area contributed by atoms with E-state index in [4.69, 9.17) is 9.15 Å². The first kappa shape index (κ1) is 15.8. The van der Waals surface area contributed by atoms with Crippen LogP contribution in [0.25, 0.3) is 10.9 Å². The number of rotatable bonds is 4. The maximum atomic E-state index is 12.9. The number of carbonyl (C=O) groups excluding carboxylic acids is 1. The zero-order valence-electron chi connectivity index (χ0n) is 14.5. The Kier molecular flexibility index (Phi) is 3.99. The van der Waals surface area contributed by atoms with Crippen molar-refractivity contribution in [1.29, 1.82) is 0 Å². The van der Waals surface area contributed by atoms with Crippen LogP contribution in [0, 0.1) is 6.92 Å². The molecule has 1 unspecified atom stereocenters. The molecule has 0 bridgehead atoms. The molecule has 0 aliphatic carbocycles. The number of nitrogens with zero attached hydrogens (tertiary/aromatic N) is 1. The second kappa shape index (κ2) is 6.31. The Labute approximate surface area is 146 Å². The van der Waals surface area contributed by atoms with Gasteiger partial charge in [0.2, 0.25) is 5.91 Å². The van der Waals surface area contributed by atoms with Crippen LogP contribution in [-0.2, 0) is 11.2 Å². The van der Waals surface area contributed by atoms with Gasteiger partial charge in [-0.2, -0.15) is 0 Å². The fourth-order valence-corrected chi connectivity index (χ4v) is 3.69. The van der Waals surface area contributed by atoms with Crippen LogP contribution in [0.3, 0.4) is 0 Å². The Morgan fingerprint density at radius 3 is 3.00 bits per heavy atom. The topological polar surface area (TPSA) is 58.5 Å². The summed E-state index contributed by atoms with van der Waals surface area (Å²) in [5.41, 5.74) is 2.02. The molecule has 1 fully saturated rings. The number of methoxy groups -OCH3 is 1. The van der Waals surface area contributed by atoms with Crippen molar-refractivity contribution in [1.82, 2.24) is 9.88 Å². The lowest BCUT2D eigenvalue weighted by molar-refractivity contribution is -0.131. The number of furan rings is 1. The van der Waals surface area contributed by atoms with Crippen molar-refractivity contribution in [3.8, 4) is 5.75 Å². The minimum absolute atomic E-state index is 0.0564. The zero-order chi connectivity index (χ0) is 17.4. The Hall–Kier alpha value is -2.69. The van der Waals surface area contributed by atoms with Crippen molar-refractivity contribution in [2.45, 2.75) is 32.2 Å². The molecule has 1 N–H and O–H groups in total. The van der Waals surface area contributed by atoms with Crippen LogP contribution in [0.5, 0.6) is 5.75 Å². The number of aryl methyl sites for hydroxylation is 1. The summed E-state index contributed by atoms with van der Waals surface area (Å²) in [7, 11) is 1.65. The van der Waals surface area contributed by atoms with E-state index in [0.29, 0.717) is 6.42 Å². The van der Waals surface area contributed by atoms with Gasteiger partial charge in [-0.15, -0.1) is 0 Å². The molecule has 25 heavy (non-hydrogen) atoms. The average Bonchev–Trinajstić information content (AvgIpc) is 3.34. The third-order valence-corrected chi connectivity index (χ3v) is 4.98. The minimum Gasteiger partial charge on any atom is -0.497 e. The molecule has 1 aliphatic rings. The quantitative estimate of drug-likeness (QED) is 0.783. The number of benzene rings is 1. The summed E-state index contributed by atoms with van der Waals surface area (Å²) in [5.74, 6) is 2.72. The number of likely N-dealkylation sites (tertiary alicyclic amines) is 1. The number of amides is 1. The van der Waals surface area contributed by atoms with Crippen LogP contribution in [0.4, 0.5) is 0 Å². The molecule has 1 aliphatic heterocycles. The van der Waals surface area contributed by atoms with E-state index >= 15 is 0 Å². The average molecular weight is 338 g/mol. The molecule has 130 valence electrons. The molecular weight excluding hydrogens is 316 g/mol. The molecule has 3 aromatic rings. The smallest absolute Gasteiger partial charge is 0.227 e. The van der Waals surface area contributed by atoms with Gasteiger partial charge in [0, 0.05) is 23.6 Å². The van der Waals surface area contributed by atoms with Crippen LogP contribution in [0.15, 0.2) is 40.9 Å². The van der Waals surface area contributed by atoms with Crippen molar-refractivity contribution in [3.05, 3.63) is 53.6 Å². The molecule has 0 radical (unpaired) electrons. The van der Waals surface area contributed by atoms with E-state index in [9.17, 15) is 4.79 Å². The fourth-order valence-electron chi connectivity index (χ4n) is 3.69. The third-order valence-electron chi connectivity index (χ3n) is 4.98. The number of H-pyrrole nitrogens is 1. The highest BCUT2D eigenvalue weighted by Crippen LogP contribution is 2.34. The van der Waals surface area contributed by atoms with Gasteiger partial charge in [-0.25, -0.2) is 0 Å². The summed E-state index contributed by atoms with van der Waals surface area (Å²) < 4.78 is 11.1. The van der Waals surface area contributed by atoms with E-state index in [1.807, 2.05) is 48.4 Å². The number of hydrogen-bond acceptors (Lipinski definition) is 3. The van der Waals surface area contributed by atoms with Crippen molar-refractivity contribution in [2.24, 2.45) is 0 Å². The van der Waals surface area contributed by atoms with Crippen LogP contribution in [0.2, 0.25) is 0 Å². The molecule has 1 amide bonds. The van der Waals surface area contributed by atoms with E-state index < -0.39 is 0 Å². The molecule has 2 aromatic heterocycles. The summed E-state index contributed by atoms with van der Waals surface area (Å²) in [4.78, 5) is 18.1. The summed E-state index contributed by atoms with van der Waals surface area (Å²) in [6.45, 7) is 2.72. The SMILES string of the molecule is COc1ccc2[nH]cc(CC(=O)N3CCCC3c3ccc(C)o3)c2c1. The molecule has 5 heteroatoms. The molecule has 3 heterocycles. The van der Waals surface area contributed by atoms with Crippen LogP contribution >= 0.6 is 0 Å². The number of aromatic amines is 1. The van der Waals surface area contributed by atoms with Gasteiger partial charge in [0.05, 0.1) is 19.6 Å². The van der Waals surface area contributed by atoms with E-state index in [-0.39, 0.29) is 11.9 Å². The van der Waals surface area contributed by atoms with Crippen LogP contribution in [0.1, 0.15) is 36.0 Å². The molecule has 4 rings (SSSR count). The molecule has 1 aromatic carbocycles. The maximum absolute atomic E-state index is 12.9. The fraction of sp³-hybridized carbons (Fsp3) is 0.350. The van der Waals surface area contributed by atoms with Gasteiger partial charge in [0.25, 0.3) is 0 Å². The number of hydrogen-bond donors (Lipinski definition) is 1. The number of nitrogens with one attached hydrogen (secondary N) is 1. The Bertz CT molecular complexity index is 909. The standard InChI is InChI=1S/C20H22N2O3/c1-13-5-8-19(25-13)18-4-3-9-22(18)20(23)10-14-12-21-17-7-6-15(24-2)11-16(14)17/h5-8,11-12,18,21H,3-4,9-10H2,1-2H3. The highest BCUT2D eigenvalue weighted by Gasteiger charge is 2.32. The molecule has 1 saturated heterocycles. The van der Waals surface area contributed by atoms with Gasteiger partial charge in [-0.1, -0.05) is 0 Å². The van der Waals surface area contributed by atoms with E-state index in [2.05, 4.69) is 4.98 Å². The van der Waals surface area contributed by atoms with Gasteiger partial charge >= 0.3 is 0 Å². The number of carbonyl (C=O) groups is 1. The molecule has 0 saturated carbocycles. The van der Waals surface area contributed by atoms with Gasteiger partial charge in [0.15, 0.2) is 0 Å². The highest BCUT2D eigenvalue weighted by atomic mass is 16.5. The summed E-state index contributed by atoms with van der Waals surface area (Å²) in [5, 5.41) is 1.04. The summed E-state index contributed by atoms with van der Waals surface area (Å²) >= 11 is 0. The van der Waals surface area contributed by atoms with E-state index in [1.54, 1.807) is 7.11 Å². The van der Waals surface area contributed by atoms with Crippen LogP contribution in [-0.4, -0.2) is 29.4 Å². The number of aromatic nitrogens is 1.